The van der Waals surface area contributed by atoms with Gasteiger partial charge in [-0.1, -0.05) is 97.1 Å². The Bertz CT molecular complexity index is 1850. The molecule has 2 heterocycles. The second-order valence-electron chi connectivity index (χ2n) is 10.7. The van der Waals surface area contributed by atoms with E-state index in [2.05, 4.69) is 17.4 Å². The van der Waals surface area contributed by atoms with E-state index < -0.39 is 0 Å². The first-order valence-corrected chi connectivity index (χ1v) is 15.5. The fourth-order valence-electron chi connectivity index (χ4n) is 5.48. The van der Waals surface area contributed by atoms with Crippen LogP contribution in [0.2, 0.25) is 0 Å². The highest BCUT2D eigenvalue weighted by atomic mass is 32.1. The molecule has 6 nitrogen and oxygen atoms in total. The number of nitrogens with zero attached hydrogens (tertiary/aromatic N) is 2. The van der Waals surface area contributed by atoms with E-state index in [1.54, 1.807) is 18.4 Å². The van der Waals surface area contributed by atoms with Gasteiger partial charge in [0.05, 0.1) is 27.8 Å². The number of rotatable bonds is 11. The first-order valence-electron chi connectivity index (χ1n) is 14.7. The van der Waals surface area contributed by atoms with Crippen molar-refractivity contribution in [3.05, 3.63) is 149 Å². The number of fused-ring (bicyclic) bond motifs is 1. The normalized spacial score (nSPS) is 11.8. The number of benzene rings is 4. The quantitative estimate of drug-likeness (QED) is 0.164. The topological polar surface area (TPSA) is 75.4 Å². The SMILES string of the molecule is Cc1nc(C(=O)N(Cc2ccccc2)[C@@H](CCc2ccccc2)CNC(=O)c2cccc3occc23)c(-c2ccccc2)s1. The second kappa shape index (κ2) is 13.5. The Labute approximate surface area is 261 Å². The fraction of sp³-hybridized carbons (Fsp3) is 0.162. The summed E-state index contributed by atoms with van der Waals surface area (Å²) in [5.41, 5.74) is 4.78. The molecule has 7 heteroatoms. The average Bonchev–Trinajstić information content (AvgIpc) is 3.71. The van der Waals surface area contributed by atoms with Gasteiger partial charge in [0.25, 0.3) is 11.8 Å². The molecule has 220 valence electrons. The van der Waals surface area contributed by atoms with E-state index in [0.29, 0.717) is 29.8 Å². The van der Waals surface area contributed by atoms with Gasteiger partial charge in [-0.2, -0.15) is 0 Å². The molecule has 0 fully saturated rings. The Kier molecular flexibility index (Phi) is 8.94. The summed E-state index contributed by atoms with van der Waals surface area (Å²) in [4.78, 5) is 35.6. The summed E-state index contributed by atoms with van der Waals surface area (Å²) in [6, 6.07) is 37.1. The van der Waals surface area contributed by atoms with Crippen molar-refractivity contribution in [3.63, 3.8) is 0 Å². The number of carbonyl (C=O) groups is 2. The fourth-order valence-corrected chi connectivity index (χ4v) is 6.40. The Morgan fingerprint density at radius 1 is 0.841 bits per heavy atom. The molecule has 0 bridgehead atoms. The van der Waals surface area contributed by atoms with Gasteiger partial charge in [0.2, 0.25) is 0 Å². The minimum Gasteiger partial charge on any atom is -0.464 e. The van der Waals surface area contributed by atoms with Crippen LogP contribution < -0.4 is 5.32 Å². The van der Waals surface area contributed by atoms with Crippen molar-refractivity contribution in [2.24, 2.45) is 0 Å². The van der Waals surface area contributed by atoms with E-state index in [0.717, 1.165) is 32.8 Å². The summed E-state index contributed by atoms with van der Waals surface area (Å²) in [5, 5.41) is 4.73. The van der Waals surface area contributed by atoms with E-state index >= 15 is 0 Å². The predicted molar refractivity (Wildman–Crippen MR) is 176 cm³/mol. The average molecular weight is 600 g/mol. The lowest BCUT2D eigenvalue weighted by molar-refractivity contribution is 0.0634. The number of thiazole rings is 1. The van der Waals surface area contributed by atoms with Crippen molar-refractivity contribution in [2.75, 3.05) is 6.54 Å². The minimum absolute atomic E-state index is 0.152. The first kappa shape index (κ1) is 29.1. The van der Waals surface area contributed by atoms with Gasteiger partial charge >= 0.3 is 0 Å². The van der Waals surface area contributed by atoms with Crippen LogP contribution >= 0.6 is 11.3 Å². The standard InChI is InChI=1S/C37H33N3O3S/c1-26-39-34(35(44-26)29-16-9-4-10-17-29)37(42)40(25-28-14-7-3-8-15-28)30(21-20-27-12-5-2-6-13-27)24-38-36(41)32-18-11-19-33-31(32)22-23-43-33/h2-19,22-23,30H,20-21,24-25H2,1H3,(H,38,41)/t30-/m0/s1. The van der Waals surface area contributed by atoms with Gasteiger partial charge in [0, 0.05) is 18.5 Å². The molecule has 1 atom stereocenters. The third kappa shape index (κ3) is 6.63. The molecule has 4 aromatic carbocycles. The highest BCUT2D eigenvalue weighted by molar-refractivity contribution is 7.15. The van der Waals surface area contributed by atoms with Crippen LogP contribution in [-0.4, -0.2) is 34.3 Å². The number of furan rings is 1. The molecule has 44 heavy (non-hydrogen) atoms. The number of nitrogens with one attached hydrogen (secondary N) is 1. The van der Waals surface area contributed by atoms with Crippen molar-refractivity contribution in [2.45, 2.75) is 32.4 Å². The van der Waals surface area contributed by atoms with Crippen molar-refractivity contribution in [1.82, 2.24) is 15.2 Å². The van der Waals surface area contributed by atoms with Crippen molar-refractivity contribution in [3.8, 4) is 10.4 Å². The van der Waals surface area contributed by atoms with Crippen LogP contribution in [0.25, 0.3) is 21.4 Å². The molecule has 0 radical (unpaired) electrons. The largest absolute Gasteiger partial charge is 0.464 e. The molecule has 1 N–H and O–H groups in total. The van der Waals surface area contributed by atoms with Gasteiger partial charge in [0.1, 0.15) is 11.3 Å². The molecule has 0 unspecified atom stereocenters. The summed E-state index contributed by atoms with van der Waals surface area (Å²) < 4.78 is 5.52. The predicted octanol–water partition coefficient (Wildman–Crippen LogP) is 7.94. The van der Waals surface area contributed by atoms with Crippen molar-refractivity contribution < 1.29 is 14.0 Å². The minimum atomic E-state index is -0.305. The van der Waals surface area contributed by atoms with Crippen LogP contribution in [-0.2, 0) is 13.0 Å². The number of aryl methyl sites for hydroxylation is 2. The van der Waals surface area contributed by atoms with Crippen LogP contribution in [0.4, 0.5) is 0 Å². The van der Waals surface area contributed by atoms with Gasteiger partial charge in [-0.3, -0.25) is 9.59 Å². The highest BCUT2D eigenvalue weighted by Crippen LogP contribution is 2.32. The van der Waals surface area contributed by atoms with E-state index in [9.17, 15) is 9.59 Å². The molecule has 0 aliphatic carbocycles. The molecule has 2 aromatic heterocycles. The molecule has 0 saturated heterocycles. The maximum absolute atomic E-state index is 14.6. The van der Waals surface area contributed by atoms with Crippen molar-refractivity contribution in [1.29, 1.82) is 0 Å². The van der Waals surface area contributed by atoms with Gasteiger partial charge in [0.15, 0.2) is 0 Å². The molecular formula is C37H33N3O3S. The third-order valence-corrected chi connectivity index (χ3v) is 8.74. The summed E-state index contributed by atoms with van der Waals surface area (Å²) in [5.74, 6) is -0.357. The smallest absolute Gasteiger partial charge is 0.274 e. The van der Waals surface area contributed by atoms with Gasteiger partial charge in [-0.15, -0.1) is 11.3 Å². The van der Waals surface area contributed by atoms with Crippen molar-refractivity contribution >= 4 is 34.1 Å². The van der Waals surface area contributed by atoms with Crippen LogP contribution in [0.3, 0.4) is 0 Å². The monoisotopic (exact) mass is 599 g/mol. The number of carbonyl (C=O) groups excluding carboxylic acids is 2. The van der Waals surface area contributed by atoms with Gasteiger partial charge < -0.3 is 14.6 Å². The number of hydrogen-bond acceptors (Lipinski definition) is 5. The van der Waals surface area contributed by atoms with E-state index in [-0.39, 0.29) is 24.4 Å². The molecular weight excluding hydrogens is 566 g/mol. The molecule has 0 spiro atoms. The van der Waals surface area contributed by atoms with E-state index in [1.165, 1.54) is 16.9 Å². The molecule has 0 aliphatic rings. The highest BCUT2D eigenvalue weighted by Gasteiger charge is 2.30. The zero-order valence-electron chi connectivity index (χ0n) is 24.5. The number of aromatic nitrogens is 1. The Balaban J connectivity index is 1.35. The van der Waals surface area contributed by atoms with Gasteiger partial charge in [-0.25, -0.2) is 4.98 Å². The maximum atomic E-state index is 14.6. The molecule has 0 aliphatic heterocycles. The number of amides is 2. The van der Waals surface area contributed by atoms with Crippen LogP contribution in [0, 0.1) is 6.92 Å². The Hall–Kier alpha value is -5.01. The zero-order chi connectivity index (χ0) is 30.3. The lowest BCUT2D eigenvalue weighted by Gasteiger charge is -2.32. The van der Waals surface area contributed by atoms with Gasteiger partial charge in [-0.05, 0) is 54.7 Å². The van der Waals surface area contributed by atoms with E-state index in [1.807, 2.05) is 103 Å². The Morgan fingerprint density at radius 3 is 2.25 bits per heavy atom. The lowest BCUT2D eigenvalue weighted by atomic mass is 10.0. The second-order valence-corrected chi connectivity index (χ2v) is 11.9. The zero-order valence-corrected chi connectivity index (χ0v) is 25.3. The summed E-state index contributed by atoms with van der Waals surface area (Å²) in [6.07, 6.45) is 2.99. The van der Waals surface area contributed by atoms with Crippen LogP contribution in [0.5, 0.6) is 0 Å². The third-order valence-electron chi connectivity index (χ3n) is 7.72. The summed E-state index contributed by atoms with van der Waals surface area (Å²) in [7, 11) is 0. The lowest BCUT2D eigenvalue weighted by Crippen LogP contribution is -2.47. The summed E-state index contributed by atoms with van der Waals surface area (Å²) >= 11 is 1.52. The van der Waals surface area contributed by atoms with Crippen LogP contribution in [0.1, 0.15) is 43.4 Å². The Morgan fingerprint density at radius 2 is 1.52 bits per heavy atom. The summed E-state index contributed by atoms with van der Waals surface area (Å²) in [6.45, 7) is 2.60. The molecule has 6 rings (SSSR count). The van der Waals surface area contributed by atoms with E-state index in [4.69, 9.17) is 9.40 Å². The number of hydrogen-bond donors (Lipinski definition) is 1. The maximum Gasteiger partial charge on any atom is 0.274 e. The first-order chi connectivity index (χ1) is 21.6. The molecule has 2 amide bonds. The van der Waals surface area contributed by atoms with Crippen LogP contribution in [0.15, 0.2) is 126 Å². The molecule has 0 saturated carbocycles. The molecule has 6 aromatic rings.